The van der Waals surface area contributed by atoms with Gasteiger partial charge in [0.15, 0.2) is 0 Å². The molecule has 0 spiro atoms. The van der Waals surface area contributed by atoms with Gasteiger partial charge in [0.05, 0.1) is 0 Å². The number of hydrogen-bond donors (Lipinski definition) is 2. The fourth-order valence-electron chi connectivity index (χ4n) is 1.54. The monoisotopic (exact) mass is 238 g/mol. The Bertz CT molecular complexity index is 618. The predicted molar refractivity (Wildman–Crippen MR) is 74.3 cm³/mol. The van der Waals surface area contributed by atoms with Gasteiger partial charge in [-0.05, 0) is 24.3 Å². The highest BCUT2D eigenvalue weighted by Gasteiger charge is 1.96. The van der Waals surface area contributed by atoms with Gasteiger partial charge in [-0.2, -0.15) is 0 Å². The number of rotatable bonds is 0. The van der Waals surface area contributed by atoms with Gasteiger partial charge < -0.3 is 10.8 Å². The lowest BCUT2D eigenvalue weighted by Gasteiger charge is -1.96. The van der Waals surface area contributed by atoms with Crippen LogP contribution in [0.2, 0.25) is 0 Å². The van der Waals surface area contributed by atoms with Crippen LogP contribution in [-0.4, -0.2) is 10.1 Å². The fourth-order valence-corrected chi connectivity index (χ4v) is 1.54. The van der Waals surface area contributed by atoms with Crippen molar-refractivity contribution in [2.75, 3.05) is 5.73 Å². The molecule has 0 saturated carbocycles. The van der Waals surface area contributed by atoms with Crippen LogP contribution in [0.1, 0.15) is 0 Å². The second-order valence-electron chi connectivity index (χ2n) is 3.76. The topological polar surface area (TPSA) is 59.1 Å². The van der Waals surface area contributed by atoms with Crippen LogP contribution < -0.4 is 5.73 Å². The number of fused-ring (bicyclic) bond motifs is 1. The van der Waals surface area contributed by atoms with E-state index in [0.717, 1.165) is 11.1 Å². The minimum Gasteiger partial charge on any atom is -0.506 e. The number of nitrogens with two attached hydrogens (primary N) is 1. The van der Waals surface area contributed by atoms with Gasteiger partial charge in [-0.15, -0.1) is 0 Å². The molecule has 1 heterocycles. The molecule has 3 heteroatoms. The molecule has 18 heavy (non-hydrogen) atoms. The van der Waals surface area contributed by atoms with Crippen LogP contribution in [-0.2, 0) is 0 Å². The lowest BCUT2D eigenvalue weighted by molar-refractivity contribution is 0.480. The van der Waals surface area contributed by atoms with Crippen LogP contribution in [0.4, 0.5) is 5.69 Å². The Hall–Kier alpha value is -2.55. The first-order valence-corrected chi connectivity index (χ1v) is 5.60. The highest BCUT2D eigenvalue weighted by Crippen LogP contribution is 2.20. The molecule has 0 radical (unpaired) electrons. The molecule has 3 nitrogen and oxygen atoms in total. The molecule has 90 valence electrons. The van der Waals surface area contributed by atoms with Crippen molar-refractivity contribution in [1.29, 1.82) is 0 Å². The molecular formula is C15H14N2O. The van der Waals surface area contributed by atoms with Gasteiger partial charge in [0, 0.05) is 17.3 Å². The number of pyridine rings is 1. The predicted octanol–water partition coefficient (Wildman–Crippen LogP) is 3.21. The molecule has 3 aromatic rings. The summed E-state index contributed by atoms with van der Waals surface area (Å²) in [5.74, 6) is 0.239. The summed E-state index contributed by atoms with van der Waals surface area (Å²) < 4.78 is 0. The van der Waals surface area contributed by atoms with Crippen molar-refractivity contribution >= 4 is 16.6 Å². The first-order valence-electron chi connectivity index (χ1n) is 5.60. The quantitative estimate of drug-likeness (QED) is 0.591. The van der Waals surface area contributed by atoms with Crippen LogP contribution in [0.25, 0.3) is 10.9 Å². The van der Waals surface area contributed by atoms with Crippen molar-refractivity contribution < 1.29 is 5.11 Å². The fraction of sp³-hybridized carbons (Fsp3) is 0. The molecule has 0 bridgehead atoms. The first kappa shape index (κ1) is 11.9. The molecule has 0 aliphatic heterocycles. The van der Waals surface area contributed by atoms with Gasteiger partial charge in [0.2, 0.25) is 0 Å². The molecular weight excluding hydrogens is 224 g/mol. The van der Waals surface area contributed by atoms with Gasteiger partial charge >= 0.3 is 0 Å². The van der Waals surface area contributed by atoms with Crippen molar-refractivity contribution in [2.45, 2.75) is 0 Å². The van der Waals surface area contributed by atoms with Gasteiger partial charge in [-0.1, -0.05) is 36.4 Å². The van der Waals surface area contributed by atoms with E-state index in [0.29, 0.717) is 5.52 Å². The summed E-state index contributed by atoms with van der Waals surface area (Å²) in [6.07, 6.45) is 1.67. The second kappa shape index (κ2) is 5.68. The molecule has 0 aliphatic carbocycles. The van der Waals surface area contributed by atoms with E-state index in [1.165, 1.54) is 0 Å². The highest BCUT2D eigenvalue weighted by molar-refractivity contribution is 5.83. The molecule has 3 N–H and O–H groups in total. The average molecular weight is 238 g/mol. The van der Waals surface area contributed by atoms with E-state index >= 15 is 0 Å². The molecule has 0 fully saturated rings. The molecule has 2 aromatic carbocycles. The standard InChI is InChI=1S/C9H7NO.C6H7N/c11-8-5-1-3-7-4-2-6-10-9(7)8;7-6-4-2-1-3-5-6/h1-6,11H;1-5H,7H2. The summed E-state index contributed by atoms with van der Waals surface area (Å²) in [5.41, 5.74) is 6.84. The van der Waals surface area contributed by atoms with Crippen molar-refractivity contribution in [3.63, 3.8) is 0 Å². The summed E-state index contributed by atoms with van der Waals surface area (Å²) in [6.45, 7) is 0. The van der Waals surface area contributed by atoms with Crippen LogP contribution >= 0.6 is 0 Å². The molecule has 0 saturated heterocycles. The lowest BCUT2D eigenvalue weighted by Crippen LogP contribution is -1.79. The third kappa shape index (κ3) is 2.98. The first-order chi connectivity index (χ1) is 8.77. The van der Waals surface area contributed by atoms with Crippen LogP contribution in [0.5, 0.6) is 5.75 Å². The number of anilines is 1. The van der Waals surface area contributed by atoms with E-state index in [9.17, 15) is 5.11 Å². The number of nitrogens with zero attached hydrogens (tertiary/aromatic N) is 1. The maximum atomic E-state index is 9.31. The second-order valence-corrected chi connectivity index (χ2v) is 3.76. The summed E-state index contributed by atoms with van der Waals surface area (Å²) in [5, 5.41) is 10.3. The summed E-state index contributed by atoms with van der Waals surface area (Å²) in [6, 6.07) is 18.6. The third-order valence-corrected chi connectivity index (χ3v) is 2.41. The van der Waals surface area contributed by atoms with Crippen molar-refractivity contribution in [3.8, 4) is 5.75 Å². The number of phenols is 1. The number of para-hydroxylation sites is 2. The van der Waals surface area contributed by atoms with E-state index in [2.05, 4.69) is 4.98 Å². The van der Waals surface area contributed by atoms with Crippen LogP contribution in [0.3, 0.4) is 0 Å². The summed E-state index contributed by atoms with van der Waals surface area (Å²) in [7, 11) is 0. The van der Waals surface area contributed by atoms with Crippen molar-refractivity contribution in [1.82, 2.24) is 4.98 Å². The molecule has 0 atom stereocenters. The molecule has 0 aliphatic rings. The Morgan fingerprint density at radius 3 is 2.17 bits per heavy atom. The molecule has 0 unspecified atom stereocenters. The Balaban J connectivity index is 0.000000149. The molecule has 0 amide bonds. The van der Waals surface area contributed by atoms with E-state index in [1.54, 1.807) is 18.3 Å². The minimum atomic E-state index is 0.239. The SMILES string of the molecule is Nc1ccccc1.Oc1cccc2cccnc12. The number of hydrogen-bond acceptors (Lipinski definition) is 3. The molecule has 3 rings (SSSR count). The Kier molecular flexibility index (Phi) is 3.76. The van der Waals surface area contributed by atoms with E-state index in [-0.39, 0.29) is 5.75 Å². The van der Waals surface area contributed by atoms with E-state index in [4.69, 9.17) is 5.73 Å². The normalized spacial score (nSPS) is 9.56. The number of aromatic nitrogens is 1. The van der Waals surface area contributed by atoms with E-state index in [1.807, 2.05) is 48.5 Å². The smallest absolute Gasteiger partial charge is 0.141 e. The minimum absolute atomic E-state index is 0.239. The molecule has 1 aromatic heterocycles. The number of aromatic hydroxyl groups is 1. The zero-order valence-corrected chi connectivity index (χ0v) is 9.82. The maximum Gasteiger partial charge on any atom is 0.141 e. The van der Waals surface area contributed by atoms with Gasteiger partial charge in [-0.25, -0.2) is 0 Å². The Labute approximate surface area is 106 Å². The zero-order valence-electron chi connectivity index (χ0n) is 9.82. The van der Waals surface area contributed by atoms with Crippen LogP contribution in [0.15, 0.2) is 66.9 Å². The summed E-state index contributed by atoms with van der Waals surface area (Å²) >= 11 is 0. The lowest BCUT2D eigenvalue weighted by atomic mass is 10.2. The van der Waals surface area contributed by atoms with Gasteiger partial charge in [0.1, 0.15) is 11.3 Å². The van der Waals surface area contributed by atoms with E-state index < -0.39 is 0 Å². The van der Waals surface area contributed by atoms with Gasteiger partial charge in [0.25, 0.3) is 0 Å². The van der Waals surface area contributed by atoms with Crippen LogP contribution in [0, 0.1) is 0 Å². The Morgan fingerprint density at radius 2 is 1.56 bits per heavy atom. The maximum absolute atomic E-state index is 9.31. The number of benzene rings is 2. The van der Waals surface area contributed by atoms with Crippen molar-refractivity contribution in [2.24, 2.45) is 0 Å². The summed E-state index contributed by atoms with van der Waals surface area (Å²) in [4.78, 5) is 4.03. The number of phenolic OH excluding ortho intramolecular Hbond substituents is 1. The Morgan fingerprint density at radius 1 is 0.833 bits per heavy atom. The largest absolute Gasteiger partial charge is 0.506 e. The zero-order chi connectivity index (χ0) is 12.8. The van der Waals surface area contributed by atoms with Crippen molar-refractivity contribution in [3.05, 3.63) is 66.9 Å². The third-order valence-electron chi connectivity index (χ3n) is 2.41. The highest BCUT2D eigenvalue weighted by atomic mass is 16.3. The number of nitrogen functional groups attached to an aromatic ring is 1. The average Bonchev–Trinajstić information content (AvgIpc) is 2.41. The van der Waals surface area contributed by atoms with Gasteiger partial charge in [-0.3, -0.25) is 4.98 Å².